The van der Waals surface area contributed by atoms with Gasteiger partial charge in [0.05, 0.1) is 28.4 Å². The fourth-order valence-electron chi connectivity index (χ4n) is 3.02. The van der Waals surface area contributed by atoms with Crippen molar-refractivity contribution in [3.05, 3.63) is 77.6 Å². The fraction of sp³-hybridized carbons (Fsp3) is 0.273. The molecule has 0 bridgehead atoms. The summed E-state index contributed by atoms with van der Waals surface area (Å²) in [5.74, 6) is -0.609. The molecule has 1 heterocycles. The van der Waals surface area contributed by atoms with Gasteiger partial charge in [-0.25, -0.2) is 17.8 Å². The lowest BCUT2D eigenvalue weighted by atomic mass is 9.87. The first-order chi connectivity index (χ1) is 13.6. The van der Waals surface area contributed by atoms with Crippen LogP contribution in [0.2, 0.25) is 0 Å². The number of benzene rings is 2. The third-order valence-corrected chi connectivity index (χ3v) is 5.92. The molecule has 152 valence electrons. The van der Waals surface area contributed by atoms with Crippen molar-refractivity contribution in [2.24, 2.45) is 0 Å². The van der Waals surface area contributed by atoms with Crippen LogP contribution < -0.4 is 4.72 Å². The van der Waals surface area contributed by atoms with Crippen molar-refractivity contribution in [2.45, 2.75) is 44.4 Å². The van der Waals surface area contributed by atoms with E-state index < -0.39 is 15.9 Å². The van der Waals surface area contributed by atoms with Crippen LogP contribution in [-0.4, -0.2) is 24.1 Å². The Balaban J connectivity index is 1.77. The summed E-state index contributed by atoms with van der Waals surface area (Å²) in [4.78, 5) is 12.6. The number of hydrogen-bond donors (Lipinski definition) is 1. The van der Waals surface area contributed by atoms with E-state index in [4.69, 9.17) is 0 Å². The first-order valence-electron chi connectivity index (χ1n) is 9.33. The van der Waals surface area contributed by atoms with E-state index in [1.165, 1.54) is 12.1 Å². The zero-order valence-corrected chi connectivity index (χ0v) is 17.8. The minimum absolute atomic E-state index is 0.0617. The van der Waals surface area contributed by atoms with E-state index in [-0.39, 0.29) is 16.7 Å². The molecular formula is C22H25N3O3S. The second-order valence-corrected chi connectivity index (χ2v) is 9.69. The van der Waals surface area contributed by atoms with Crippen molar-refractivity contribution >= 4 is 15.9 Å². The van der Waals surface area contributed by atoms with Crippen LogP contribution in [0.25, 0.3) is 5.69 Å². The van der Waals surface area contributed by atoms with Crippen LogP contribution in [-0.2, 0) is 26.7 Å². The second-order valence-electron chi connectivity index (χ2n) is 8.00. The van der Waals surface area contributed by atoms with Crippen molar-refractivity contribution < 1.29 is 13.2 Å². The standard InChI is InChI=1S/C22H25N3O3S/c1-16-14-19(25(23-16)18-8-6-5-7-9-18)15-21(26)24-29(27,28)20-12-10-17(11-13-20)22(2,3)4/h5-14H,15H2,1-4H3,(H,24,26). The number of carbonyl (C=O) groups excluding carboxylic acids is 1. The molecule has 1 N–H and O–H groups in total. The lowest BCUT2D eigenvalue weighted by molar-refractivity contribution is -0.118. The highest BCUT2D eigenvalue weighted by Gasteiger charge is 2.21. The molecule has 0 aliphatic carbocycles. The largest absolute Gasteiger partial charge is 0.274 e. The van der Waals surface area contributed by atoms with Gasteiger partial charge < -0.3 is 0 Å². The van der Waals surface area contributed by atoms with Gasteiger partial charge >= 0.3 is 0 Å². The van der Waals surface area contributed by atoms with Crippen molar-refractivity contribution in [1.82, 2.24) is 14.5 Å². The Morgan fingerprint density at radius 3 is 2.24 bits per heavy atom. The van der Waals surface area contributed by atoms with Crippen molar-refractivity contribution in [1.29, 1.82) is 0 Å². The van der Waals surface area contributed by atoms with Gasteiger partial charge in [0.2, 0.25) is 5.91 Å². The molecule has 0 radical (unpaired) electrons. The third kappa shape index (κ3) is 4.92. The Morgan fingerprint density at radius 2 is 1.66 bits per heavy atom. The number of para-hydroxylation sites is 1. The van der Waals surface area contributed by atoms with Gasteiger partial charge in [-0.15, -0.1) is 0 Å². The molecule has 0 atom stereocenters. The molecule has 3 rings (SSSR count). The van der Waals surface area contributed by atoms with Gasteiger partial charge in [0.1, 0.15) is 0 Å². The molecule has 1 amide bonds. The number of hydrogen-bond acceptors (Lipinski definition) is 4. The predicted octanol–water partition coefficient (Wildman–Crippen LogP) is 3.53. The molecule has 6 nitrogen and oxygen atoms in total. The Kier molecular flexibility index (Phi) is 5.61. The van der Waals surface area contributed by atoms with E-state index in [1.54, 1.807) is 22.9 Å². The van der Waals surface area contributed by atoms with Crippen LogP contribution in [0.5, 0.6) is 0 Å². The minimum atomic E-state index is -3.94. The Hall–Kier alpha value is -2.93. The molecule has 0 spiro atoms. The molecule has 3 aromatic rings. The van der Waals surface area contributed by atoms with Gasteiger partial charge in [-0.3, -0.25) is 4.79 Å². The molecule has 0 saturated heterocycles. The zero-order chi connectivity index (χ0) is 21.2. The average Bonchev–Trinajstić information content (AvgIpc) is 3.01. The van der Waals surface area contributed by atoms with Gasteiger partial charge in [0.25, 0.3) is 10.0 Å². The molecule has 0 aliphatic heterocycles. The predicted molar refractivity (Wildman–Crippen MR) is 112 cm³/mol. The molecule has 2 aromatic carbocycles. The first-order valence-corrected chi connectivity index (χ1v) is 10.8. The first kappa shape index (κ1) is 20.8. The van der Waals surface area contributed by atoms with E-state index in [9.17, 15) is 13.2 Å². The molecule has 7 heteroatoms. The van der Waals surface area contributed by atoms with E-state index in [0.717, 1.165) is 16.9 Å². The van der Waals surface area contributed by atoms with Gasteiger partial charge in [-0.1, -0.05) is 51.1 Å². The number of sulfonamides is 1. The Bertz CT molecular complexity index is 1110. The monoisotopic (exact) mass is 411 g/mol. The van der Waals surface area contributed by atoms with Crippen LogP contribution in [0.3, 0.4) is 0 Å². The summed E-state index contributed by atoms with van der Waals surface area (Å²) in [7, 11) is -3.94. The fourth-order valence-corrected chi connectivity index (χ4v) is 4.00. The molecule has 1 aromatic heterocycles. The van der Waals surface area contributed by atoms with Crippen molar-refractivity contribution in [3.63, 3.8) is 0 Å². The number of aromatic nitrogens is 2. The maximum atomic E-state index is 12.6. The minimum Gasteiger partial charge on any atom is -0.274 e. The Morgan fingerprint density at radius 1 is 1.03 bits per heavy atom. The van der Waals surface area contributed by atoms with Gasteiger partial charge in [0.15, 0.2) is 0 Å². The smallest absolute Gasteiger partial charge is 0.264 e. The van der Waals surface area contributed by atoms with Crippen molar-refractivity contribution in [3.8, 4) is 5.69 Å². The van der Waals surface area contributed by atoms with Crippen LogP contribution in [0.4, 0.5) is 0 Å². The quantitative estimate of drug-likeness (QED) is 0.696. The lowest BCUT2D eigenvalue weighted by Gasteiger charge is -2.19. The van der Waals surface area contributed by atoms with Gasteiger partial charge in [-0.2, -0.15) is 5.10 Å². The molecule has 0 fully saturated rings. The van der Waals surface area contributed by atoms with E-state index in [0.29, 0.717) is 5.69 Å². The summed E-state index contributed by atoms with van der Waals surface area (Å²) in [6, 6.07) is 17.8. The SMILES string of the molecule is Cc1cc(CC(=O)NS(=O)(=O)c2ccc(C(C)(C)C)cc2)n(-c2ccccc2)n1. The summed E-state index contributed by atoms with van der Waals surface area (Å²) < 4.78 is 29.0. The molecule has 0 saturated carbocycles. The zero-order valence-electron chi connectivity index (χ0n) is 17.0. The summed E-state index contributed by atoms with van der Waals surface area (Å²) in [6.45, 7) is 7.98. The average molecular weight is 412 g/mol. The molecule has 0 unspecified atom stereocenters. The van der Waals surface area contributed by atoms with Crippen molar-refractivity contribution in [2.75, 3.05) is 0 Å². The normalized spacial score (nSPS) is 12.0. The summed E-state index contributed by atoms with van der Waals surface area (Å²) >= 11 is 0. The topological polar surface area (TPSA) is 81.1 Å². The number of amides is 1. The highest BCUT2D eigenvalue weighted by Crippen LogP contribution is 2.23. The number of aryl methyl sites for hydroxylation is 1. The van der Waals surface area contributed by atoms with Gasteiger partial charge in [0, 0.05) is 0 Å². The van der Waals surface area contributed by atoms with E-state index in [1.807, 2.05) is 37.3 Å². The number of rotatable bonds is 5. The lowest BCUT2D eigenvalue weighted by Crippen LogP contribution is -2.32. The molecule has 29 heavy (non-hydrogen) atoms. The number of carbonyl (C=O) groups is 1. The number of nitrogens with one attached hydrogen (secondary N) is 1. The van der Waals surface area contributed by atoms with Gasteiger partial charge in [-0.05, 0) is 48.2 Å². The van der Waals surface area contributed by atoms with E-state index >= 15 is 0 Å². The van der Waals surface area contributed by atoms with Crippen LogP contribution in [0.15, 0.2) is 65.6 Å². The highest BCUT2D eigenvalue weighted by molar-refractivity contribution is 7.90. The second kappa shape index (κ2) is 7.83. The highest BCUT2D eigenvalue weighted by atomic mass is 32.2. The summed E-state index contributed by atoms with van der Waals surface area (Å²) in [6.07, 6.45) is -0.102. The van der Waals surface area contributed by atoms with E-state index in [2.05, 4.69) is 30.6 Å². The molecule has 0 aliphatic rings. The summed E-state index contributed by atoms with van der Waals surface area (Å²) in [5, 5.41) is 4.41. The maximum absolute atomic E-state index is 12.6. The maximum Gasteiger partial charge on any atom is 0.264 e. The van der Waals surface area contributed by atoms with Crippen LogP contribution >= 0.6 is 0 Å². The molecular weight excluding hydrogens is 386 g/mol. The third-order valence-electron chi connectivity index (χ3n) is 4.53. The van der Waals surface area contributed by atoms with Crippen LogP contribution in [0, 0.1) is 6.92 Å². The van der Waals surface area contributed by atoms with Crippen LogP contribution in [0.1, 0.15) is 37.7 Å². The summed E-state index contributed by atoms with van der Waals surface area (Å²) in [5.41, 5.74) is 3.11. The number of nitrogens with zero attached hydrogens (tertiary/aromatic N) is 2. The Labute approximate surface area is 171 Å².